The Kier molecular flexibility index (Phi) is 5.71. The van der Waals surface area contributed by atoms with Crippen molar-refractivity contribution >= 4 is 11.6 Å². The fourth-order valence-corrected chi connectivity index (χ4v) is 3.02. The Morgan fingerprint density at radius 1 is 1.29 bits per heavy atom. The first-order valence-corrected chi connectivity index (χ1v) is 8.83. The van der Waals surface area contributed by atoms with Crippen LogP contribution in [0.1, 0.15) is 30.9 Å². The Balaban J connectivity index is 2.02. The molecule has 2 heterocycles. The van der Waals surface area contributed by atoms with Gasteiger partial charge < -0.3 is 14.4 Å². The van der Waals surface area contributed by atoms with Crippen LogP contribution in [0, 0.1) is 5.82 Å². The first-order valence-electron chi connectivity index (χ1n) is 8.45. The van der Waals surface area contributed by atoms with E-state index in [4.69, 9.17) is 20.8 Å². The van der Waals surface area contributed by atoms with E-state index in [2.05, 4.69) is 0 Å². The third-order valence-electron chi connectivity index (χ3n) is 4.18. The van der Waals surface area contributed by atoms with Gasteiger partial charge in [0.15, 0.2) is 5.76 Å². The Morgan fingerprint density at radius 2 is 2.04 bits per heavy atom. The maximum Gasteiger partial charge on any atom is 0.366 e. The highest BCUT2D eigenvalue weighted by atomic mass is 35.5. The highest BCUT2D eigenvalue weighted by Gasteiger charge is 2.24. The minimum atomic E-state index is -0.989. The monoisotopic (exact) mass is 408 g/mol. The van der Waals surface area contributed by atoms with Gasteiger partial charge in [0.05, 0.1) is 24.1 Å². The molecule has 0 atom stereocenters. The molecule has 0 saturated carbocycles. The Labute approximate surface area is 164 Å². The molecule has 7 nitrogen and oxygen atoms in total. The number of aromatic nitrogens is 2. The van der Waals surface area contributed by atoms with Crippen molar-refractivity contribution in [2.24, 2.45) is 0 Å². The van der Waals surface area contributed by atoms with E-state index in [-0.39, 0.29) is 51.6 Å². The van der Waals surface area contributed by atoms with E-state index in [1.54, 1.807) is 26.0 Å². The molecular formula is C19H18ClFN2O5. The van der Waals surface area contributed by atoms with Crippen molar-refractivity contribution in [3.05, 3.63) is 79.4 Å². The van der Waals surface area contributed by atoms with Crippen molar-refractivity contribution in [1.29, 1.82) is 0 Å². The van der Waals surface area contributed by atoms with Crippen LogP contribution in [-0.4, -0.2) is 14.5 Å². The zero-order valence-electron chi connectivity index (χ0n) is 15.2. The van der Waals surface area contributed by atoms with Gasteiger partial charge in [-0.15, -0.1) is 0 Å². The second-order valence-corrected chi connectivity index (χ2v) is 6.87. The number of furan rings is 1. The summed E-state index contributed by atoms with van der Waals surface area (Å²) >= 11 is 5.73. The van der Waals surface area contributed by atoms with Gasteiger partial charge in [-0.3, -0.25) is 9.36 Å². The molecule has 0 saturated heterocycles. The van der Waals surface area contributed by atoms with Gasteiger partial charge in [-0.2, -0.15) is 0 Å². The van der Waals surface area contributed by atoms with Crippen molar-refractivity contribution in [1.82, 2.24) is 9.30 Å². The predicted molar refractivity (Wildman–Crippen MR) is 100 cm³/mol. The topological polar surface area (TPSA) is 86.6 Å². The molecule has 1 N–H and O–H groups in total. The van der Waals surface area contributed by atoms with Crippen LogP contribution >= 0.6 is 11.6 Å². The fourth-order valence-electron chi connectivity index (χ4n) is 2.86. The highest BCUT2D eigenvalue weighted by molar-refractivity contribution is 6.30. The number of hydrogen-bond acceptors (Lipinski definition) is 5. The van der Waals surface area contributed by atoms with Crippen LogP contribution in [0.15, 0.2) is 50.6 Å². The molecule has 0 bridgehead atoms. The average Bonchev–Trinajstić information content (AvgIpc) is 3.17. The van der Waals surface area contributed by atoms with E-state index in [1.165, 1.54) is 18.4 Å². The number of hydrogen-bond donors (Lipinski definition) is 1. The molecule has 0 amide bonds. The number of halogens is 2. The van der Waals surface area contributed by atoms with Gasteiger partial charge in [-0.1, -0.05) is 36.2 Å². The van der Waals surface area contributed by atoms with Crippen LogP contribution in [0.2, 0.25) is 5.02 Å². The predicted octanol–water partition coefficient (Wildman–Crippen LogP) is 3.60. The first kappa shape index (κ1) is 19.9. The summed E-state index contributed by atoms with van der Waals surface area (Å²) in [7, 11) is 0. The van der Waals surface area contributed by atoms with Gasteiger partial charge in [-0.05, 0) is 30.2 Å². The van der Waals surface area contributed by atoms with Crippen LogP contribution in [-0.2, 0) is 18.1 Å². The lowest BCUT2D eigenvalue weighted by Crippen LogP contribution is -2.42. The van der Waals surface area contributed by atoms with Crippen LogP contribution in [0.25, 0.3) is 11.5 Å². The van der Waals surface area contributed by atoms with E-state index < -0.39 is 17.1 Å². The number of nitrogens with zero attached hydrogens (tertiary/aromatic N) is 2. The molecule has 0 aliphatic rings. The normalized spacial score (nSPS) is 11.3. The van der Waals surface area contributed by atoms with E-state index in [1.807, 2.05) is 0 Å². The molecule has 0 fully saturated rings. The van der Waals surface area contributed by atoms with E-state index in [9.17, 15) is 19.2 Å². The Bertz CT molecular complexity index is 1100. The summed E-state index contributed by atoms with van der Waals surface area (Å²) in [6.45, 7) is 3.02. The van der Waals surface area contributed by atoms with Gasteiger partial charge in [0.25, 0.3) is 5.56 Å². The number of rotatable bonds is 6. The van der Waals surface area contributed by atoms with E-state index in [0.717, 1.165) is 10.6 Å². The molecule has 0 aliphatic heterocycles. The molecule has 3 rings (SSSR count). The lowest BCUT2D eigenvalue weighted by Gasteiger charge is -2.18. The second kappa shape index (κ2) is 8.04. The van der Waals surface area contributed by atoms with Gasteiger partial charge in [0, 0.05) is 10.6 Å². The van der Waals surface area contributed by atoms with E-state index in [0.29, 0.717) is 0 Å². The van der Waals surface area contributed by atoms with Crippen molar-refractivity contribution in [3.63, 3.8) is 0 Å². The molecule has 1 aromatic carbocycles. The molecule has 0 aliphatic carbocycles. The van der Waals surface area contributed by atoms with E-state index >= 15 is 0 Å². The summed E-state index contributed by atoms with van der Waals surface area (Å²) in [6.07, 6.45) is 1.41. The molecule has 0 spiro atoms. The largest absolute Gasteiger partial charge is 0.463 e. The van der Waals surface area contributed by atoms with Crippen molar-refractivity contribution in [2.45, 2.75) is 33.1 Å². The Hall–Kier alpha value is -2.84. The standard InChI is InChI=1S/C19H18ClFN2O5/c1-11(2)16-17(15-4-3-7-28-15)22(19(25)23(26)18(16)24)10-27-9-12-5-6-13(20)8-14(12)21/h3-8,11,26H,9-10H2,1-2H3. The van der Waals surface area contributed by atoms with Gasteiger partial charge in [-0.25, -0.2) is 9.18 Å². The van der Waals surface area contributed by atoms with Gasteiger partial charge >= 0.3 is 5.69 Å². The Morgan fingerprint density at radius 3 is 2.64 bits per heavy atom. The zero-order chi connectivity index (χ0) is 20.4. The molecule has 2 aromatic heterocycles. The fraction of sp³-hybridized carbons (Fsp3) is 0.263. The summed E-state index contributed by atoms with van der Waals surface area (Å²) in [5.74, 6) is -0.576. The first-order chi connectivity index (χ1) is 13.3. The van der Waals surface area contributed by atoms with Crippen LogP contribution < -0.4 is 11.2 Å². The zero-order valence-corrected chi connectivity index (χ0v) is 15.9. The summed E-state index contributed by atoms with van der Waals surface area (Å²) in [5.41, 5.74) is -1.17. The summed E-state index contributed by atoms with van der Waals surface area (Å²) < 4.78 is 25.9. The maximum absolute atomic E-state index is 13.9. The third kappa shape index (κ3) is 3.74. The van der Waals surface area contributed by atoms with Gasteiger partial charge in [0.2, 0.25) is 0 Å². The lowest BCUT2D eigenvalue weighted by atomic mass is 10.0. The van der Waals surface area contributed by atoms with Crippen molar-refractivity contribution < 1.29 is 18.8 Å². The smallest absolute Gasteiger partial charge is 0.366 e. The van der Waals surface area contributed by atoms with Crippen molar-refractivity contribution in [3.8, 4) is 11.5 Å². The summed E-state index contributed by atoms with van der Waals surface area (Å²) in [5, 5.41) is 10.2. The highest BCUT2D eigenvalue weighted by Crippen LogP contribution is 2.26. The molecule has 9 heteroatoms. The van der Waals surface area contributed by atoms with Crippen LogP contribution in [0.3, 0.4) is 0 Å². The number of benzene rings is 1. The maximum atomic E-state index is 13.9. The molecule has 148 valence electrons. The lowest BCUT2D eigenvalue weighted by molar-refractivity contribution is 0.0513. The van der Waals surface area contributed by atoms with Crippen LogP contribution in [0.4, 0.5) is 4.39 Å². The van der Waals surface area contributed by atoms with Crippen LogP contribution in [0.5, 0.6) is 0 Å². The molecule has 28 heavy (non-hydrogen) atoms. The average molecular weight is 409 g/mol. The number of ether oxygens (including phenoxy) is 1. The minimum Gasteiger partial charge on any atom is -0.463 e. The quantitative estimate of drug-likeness (QED) is 0.630. The van der Waals surface area contributed by atoms with Gasteiger partial charge in [0.1, 0.15) is 12.5 Å². The SMILES string of the molecule is CC(C)c1c(-c2ccco2)n(COCc2ccc(Cl)cc2F)c(=O)n(O)c1=O. The summed E-state index contributed by atoms with van der Waals surface area (Å²) in [6, 6.07) is 7.36. The second-order valence-electron chi connectivity index (χ2n) is 6.44. The molecule has 3 aromatic rings. The van der Waals surface area contributed by atoms with Crippen molar-refractivity contribution in [2.75, 3.05) is 0 Å². The molecule has 0 radical (unpaired) electrons. The molecule has 0 unspecified atom stereocenters. The summed E-state index contributed by atoms with van der Waals surface area (Å²) in [4.78, 5) is 24.9. The minimum absolute atomic E-state index is 0.0357. The molecular weight excluding hydrogens is 391 g/mol. The third-order valence-corrected chi connectivity index (χ3v) is 4.42.